The number of carbonyl (C=O) groups is 2. The maximum absolute atomic E-state index is 12.8. The molecule has 7 nitrogen and oxygen atoms in total. The number of nitrogens with one attached hydrogen (secondary N) is 1. The highest BCUT2D eigenvalue weighted by molar-refractivity contribution is 7.17. The fraction of sp³-hybridized carbons (Fsp3) is 0.368. The average Bonchev–Trinajstić information content (AvgIpc) is 2.97. The van der Waals surface area contributed by atoms with Gasteiger partial charge in [0, 0.05) is 22.1 Å². The molecule has 1 atom stereocenters. The molecule has 8 heteroatoms. The number of thiophene rings is 1. The molecule has 0 bridgehead atoms. The molecule has 1 N–H and O–H groups in total. The summed E-state index contributed by atoms with van der Waals surface area (Å²) >= 11 is 1.38. The molecule has 3 rings (SSSR count). The highest BCUT2D eigenvalue weighted by Gasteiger charge is 2.29. The van der Waals surface area contributed by atoms with Gasteiger partial charge in [-0.25, -0.2) is 4.79 Å². The third kappa shape index (κ3) is 3.57. The van der Waals surface area contributed by atoms with Crippen LogP contribution in [0.2, 0.25) is 0 Å². The van der Waals surface area contributed by atoms with Crippen LogP contribution in [0.4, 0.5) is 10.7 Å². The van der Waals surface area contributed by atoms with Gasteiger partial charge in [0.05, 0.1) is 17.6 Å². The van der Waals surface area contributed by atoms with E-state index in [0.29, 0.717) is 16.5 Å². The largest absolute Gasteiger partial charge is 0.465 e. The van der Waals surface area contributed by atoms with Gasteiger partial charge >= 0.3 is 5.97 Å². The van der Waals surface area contributed by atoms with E-state index < -0.39 is 16.8 Å². The predicted molar refractivity (Wildman–Crippen MR) is 103 cm³/mol. The third-order valence-electron chi connectivity index (χ3n) is 4.87. The van der Waals surface area contributed by atoms with Crippen molar-refractivity contribution in [2.24, 2.45) is 5.92 Å². The lowest BCUT2D eigenvalue weighted by atomic mass is 9.88. The first-order valence-corrected chi connectivity index (χ1v) is 9.43. The number of ether oxygens (including phenoxy) is 1. The van der Waals surface area contributed by atoms with Crippen molar-refractivity contribution in [2.75, 3.05) is 12.4 Å². The molecule has 0 fully saturated rings. The van der Waals surface area contributed by atoms with Gasteiger partial charge in [-0.15, -0.1) is 11.3 Å². The lowest BCUT2D eigenvalue weighted by molar-refractivity contribution is -0.385. The number of nitrogens with zero attached hydrogens (tertiary/aromatic N) is 1. The quantitative estimate of drug-likeness (QED) is 0.482. The Hall–Kier alpha value is -2.74. The van der Waals surface area contributed by atoms with Crippen LogP contribution in [0, 0.1) is 23.0 Å². The predicted octanol–water partition coefficient (Wildman–Crippen LogP) is 4.13. The second kappa shape index (κ2) is 7.48. The molecule has 0 radical (unpaired) electrons. The van der Waals surface area contributed by atoms with Crippen LogP contribution in [0.1, 0.15) is 50.1 Å². The number of nitro groups is 1. The number of benzene rings is 1. The first-order valence-electron chi connectivity index (χ1n) is 8.61. The van der Waals surface area contributed by atoms with Gasteiger partial charge in [-0.3, -0.25) is 14.9 Å². The number of amides is 1. The van der Waals surface area contributed by atoms with Crippen LogP contribution < -0.4 is 5.32 Å². The summed E-state index contributed by atoms with van der Waals surface area (Å²) in [4.78, 5) is 36.8. The summed E-state index contributed by atoms with van der Waals surface area (Å²) in [5, 5.41) is 14.3. The van der Waals surface area contributed by atoms with Gasteiger partial charge in [-0.2, -0.15) is 0 Å². The molecule has 0 saturated heterocycles. The second-order valence-corrected chi connectivity index (χ2v) is 7.81. The first kappa shape index (κ1) is 19.0. The van der Waals surface area contributed by atoms with E-state index >= 15 is 0 Å². The molecule has 142 valence electrons. The smallest absolute Gasteiger partial charge is 0.341 e. The minimum absolute atomic E-state index is 0.116. The molecule has 2 aromatic rings. The van der Waals surface area contributed by atoms with Crippen molar-refractivity contribution >= 4 is 33.9 Å². The molecule has 0 saturated carbocycles. The van der Waals surface area contributed by atoms with Crippen LogP contribution in [0.25, 0.3) is 0 Å². The van der Waals surface area contributed by atoms with Crippen molar-refractivity contribution < 1.29 is 19.2 Å². The summed E-state index contributed by atoms with van der Waals surface area (Å²) in [6.45, 7) is 3.70. The van der Waals surface area contributed by atoms with Gasteiger partial charge in [-0.05, 0) is 43.7 Å². The third-order valence-corrected chi connectivity index (χ3v) is 6.04. The van der Waals surface area contributed by atoms with Gasteiger partial charge in [0.25, 0.3) is 11.6 Å². The Bertz CT molecular complexity index is 934. The van der Waals surface area contributed by atoms with E-state index in [2.05, 4.69) is 12.2 Å². The van der Waals surface area contributed by atoms with E-state index in [1.807, 2.05) is 0 Å². The van der Waals surface area contributed by atoms with Crippen molar-refractivity contribution in [3.63, 3.8) is 0 Å². The molecule has 1 heterocycles. The number of fused-ring (bicyclic) bond motifs is 1. The van der Waals surface area contributed by atoms with Gasteiger partial charge in [0.1, 0.15) is 5.00 Å². The van der Waals surface area contributed by atoms with E-state index in [1.165, 1.54) is 43.6 Å². The Balaban J connectivity index is 1.98. The zero-order chi connectivity index (χ0) is 19.7. The maximum Gasteiger partial charge on any atom is 0.341 e. The molecule has 0 spiro atoms. The van der Waals surface area contributed by atoms with Crippen LogP contribution in [0.5, 0.6) is 0 Å². The Labute approximate surface area is 160 Å². The standard InChI is InChI=1S/C19H20N2O5S/c1-10-7-8-13-15(9-10)27-18(16(13)19(23)26-3)20-17(22)12-5-4-6-14(11(12)2)21(24)25/h4-6,10H,7-9H2,1-3H3,(H,20,22). The summed E-state index contributed by atoms with van der Waals surface area (Å²) in [5.74, 6) is -0.440. The minimum Gasteiger partial charge on any atom is -0.465 e. The number of rotatable bonds is 4. The van der Waals surface area contributed by atoms with Crippen molar-refractivity contribution in [1.82, 2.24) is 0 Å². The molecule has 1 aliphatic rings. The molecule has 1 aliphatic carbocycles. The first-order chi connectivity index (χ1) is 12.8. The van der Waals surface area contributed by atoms with E-state index in [4.69, 9.17) is 4.74 Å². The van der Waals surface area contributed by atoms with Crippen LogP contribution in [0.15, 0.2) is 18.2 Å². The fourth-order valence-electron chi connectivity index (χ4n) is 3.39. The monoisotopic (exact) mass is 388 g/mol. The lowest BCUT2D eigenvalue weighted by Gasteiger charge is -2.18. The zero-order valence-corrected chi connectivity index (χ0v) is 16.1. The van der Waals surface area contributed by atoms with Gasteiger partial charge in [0.2, 0.25) is 0 Å². The Morgan fingerprint density at radius 2 is 2.11 bits per heavy atom. The maximum atomic E-state index is 12.8. The molecule has 0 aliphatic heterocycles. The van der Waals surface area contributed by atoms with Crippen LogP contribution >= 0.6 is 11.3 Å². The molecule has 1 aromatic carbocycles. The zero-order valence-electron chi connectivity index (χ0n) is 15.3. The molecule has 1 aromatic heterocycles. The molecule has 1 amide bonds. The van der Waals surface area contributed by atoms with Crippen LogP contribution in [-0.2, 0) is 17.6 Å². The number of methoxy groups -OCH3 is 1. The number of hydrogen-bond donors (Lipinski definition) is 1. The average molecular weight is 388 g/mol. The Morgan fingerprint density at radius 3 is 2.78 bits per heavy atom. The SMILES string of the molecule is COC(=O)c1c(NC(=O)c2cccc([N+](=O)[O-])c2C)sc2c1CCC(C)C2. The Morgan fingerprint density at radius 1 is 1.37 bits per heavy atom. The van der Waals surface area contributed by atoms with Crippen molar-refractivity contribution in [3.05, 3.63) is 55.4 Å². The fourth-order valence-corrected chi connectivity index (χ4v) is 4.79. The van der Waals surface area contributed by atoms with Crippen molar-refractivity contribution in [1.29, 1.82) is 0 Å². The number of anilines is 1. The normalized spacial score (nSPS) is 15.7. The van der Waals surface area contributed by atoms with Gasteiger partial charge in [0.15, 0.2) is 0 Å². The lowest BCUT2D eigenvalue weighted by Crippen LogP contribution is -2.17. The summed E-state index contributed by atoms with van der Waals surface area (Å²) in [7, 11) is 1.31. The topological polar surface area (TPSA) is 98.5 Å². The molecule has 27 heavy (non-hydrogen) atoms. The van der Waals surface area contributed by atoms with Gasteiger partial charge < -0.3 is 10.1 Å². The van der Waals surface area contributed by atoms with E-state index in [-0.39, 0.29) is 16.8 Å². The van der Waals surface area contributed by atoms with Gasteiger partial charge in [-0.1, -0.05) is 13.0 Å². The summed E-state index contributed by atoms with van der Waals surface area (Å²) in [6.07, 6.45) is 2.60. The number of nitro benzene ring substituents is 1. The summed E-state index contributed by atoms with van der Waals surface area (Å²) in [5.41, 5.74) is 1.72. The highest BCUT2D eigenvalue weighted by atomic mass is 32.1. The van der Waals surface area contributed by atoms with Crippen LogP contribution in [0.3, 0.4) is 0 Å². The van der Waals surface area contributed by atoms with E-state index in [0.717, 1.165) is 29.7 Å². The minimum atomic E-state index is -0.517. The van der Waals surface area contributed by atoms with Crippen molar-refractivity contribution in [2.45, 2.75) is 33.1 Å². The molecule has 1 unspecified atom stereocenters. The molecular weight excluding hydrogens is 368 g/mol. The summed E-state index contributed by atoms with van der Waals surface area (Å²) in [6, 6.07) is 4.37. The number of hydrogen-bond acceptors (Lipinski definition) is 6. The Kier molecular flexibility index (Phi) is 5.27. The van der Waals surface area contributed by atoms with E-state index in [9.17, 15) is 19.7 Å². The van der Waals surface area contributed by atoms with E-state index in [1.54, 1.807) is 0 Å². The van der Waals surface area contributed by atoms with Crippen LogP contribution in [-0.4, -0.2) is 23.9 Å². The second-order valence-electron chi connectivity index (χ2n) is 6.71. The summed E-state index contributed by atoms with van der Waals surface area (Å²) < 4.78 is 4.92. The van der Waals surface area contributed by atoms with Crippen molar-refractivity contribution in [3.8, 4) is 0 Å². The number of carbonyl (C=O) groups excluding carboxylic acids is 2. The molecular formula is C19H20N2O5S. The highest BCUT2D eigenvalue weighted by Crippen LogP contribution is 2.40. The number of esters is 1.